The van der Waals surface area contributed by atoms with Gasteiger partial charge in [-0.25, -0.2) is 0 Å². The first-order chi connectivity index (χ1) is 18.4. The standard InChI is InChI=1S/C28H25ClN2O6S/c1-17(32)30-28-31-27(33)25(38-28)14-20-11-21(29)26(24(13-20)35-3)37-16-19-9-10-22(23(12-19)34-2)36-15-18-7-5-4-6-8-18/h4-14H,15-16H2,1-3H3,(H,30,31,32,33)/b25-14+. The van der Waals surface area contributed by atoms with Crippen LogP contribution in [0.2, 0.25) is 5.02 Å². The van der Waals surface area contributed by atoms with Crippen LogP contribution in [0.25, 0.3) is 6.08 Å². The van der Waals surface area contributed by atoms with Crippen molar-refractivity contribution in [1.82, 2.24) is 5.32 Å². The molecule has 1 N–H and O–H groups in total. The highest BCUT2D eigenvalue weighted by Gasteiger charge is 2.23. The molecular formula is C28H25ClN2O6S. The third-order valence-corrected chi connectivity index (χ3v) is 6.48. The normalized spacial score (nSPS) is 13.7. The zero-order valence-corrected chi connectivity index (χ0v) is 22.5. The Morgan fingerprint density at radius 1 is 0.947 bits per heavy atom. The van der Waals surface area contributed by atoms with Gasteiger partial charge >= 0.3 is 0 Å². The van der Waals surface area contributed by atoms with E-state index in [2.05, 4.69) is 10.3 Å². The average Bonchev–Trinajstić information content (AvgIpc) is 3.24. The Morgan fingerprint density at radius 3 is 2.39 bits per heavy atom. The van der Waals surface area contributed by atoms with Crippen LogP contribution in [0.15, 0.2) is 70.6 Å². The van der Waals surface area contributed by atoms with Crippen molar-refractivity contribution in [2.45, 2.75) is 20.1 Å². The highest BCUT2D eigenvalue weighted by atomic mass is 35.5. The third-order valence-electron chi connectivity index (χ3n) is 5.30. The summed E-state index contributed by atoms with van der Waals surface area (Å²) in [5.41, 5.74) is 2.52. The smallest absolute Gasteiger partial charge is 0.286 e. The number of amidine groups is 1. The first-order valence-corrected chi connectivity index (χ1v) is 12.7. The lowest BCUT2D eigenvalue weighted by Crippen LogP contribution is -2.23. The van der Waals surface area contributed by atoms with Crippen LogP contribution in [0.3, 0.4) is 0 Å². The van der Waals surface area contributed by atoms with E-state index in [0.717, 1.165) is 22.9 Å². The van der Waals surface area contributed by atoms with Crippen LogP contribution in [-0.4, -0.2) is 31.2 Å². The van der Waals surface area contributed by atoms with E-state index in [-0.39, 0.29) is 17.7 Å². The highest BCUT2D eigenvalue weighted by Crippen LogP contribution is 2.39. The van der Waals surface area contributed by atoms with Crippen LogP contribution < -0.4 is 24.3 Å². The second-order valence-electron chi connectivity index (χ2n) is 8.10. The number of hydrogen-bond acceptors (Lipinski definition) is 7. The number of ether oxygens (including phenoxy) is 4. The Morgan fingerprint density at radius 2 is 1.68 bits per heavy atom. The molecule has 3 aromatic rings. The van der Waals surface area contributed by atoms with Crippen molar-refractivity contribution in [3.05, 3.63) is 87.3 Å². The molecule has 196 valence electrons. The molecular weight excluding hydrogens is 528 g/mol. The fourth-order valence-corrected chi connectivity index (χ4v) is 4.67. The zero-order chi connectivity index (χ0) is 27.1. The second kappa shape index (κ2) is 12.5. The van der Waals surface area contributed by atoms with Gasteiger partial charge < -0.3 is 24.3 Å². The van der Waals surface area contributed by atoms with E-state index in [1.165, 1.54) is 14.0 Å². The van der Waals surface area contributed by atoms with Crippen molar-refractivity contribution < 1.29 is 28.5 Å². The summed E-state index contributed by atoms with van der Waals surface area (Å²) in [5.74, 6) is 1.22. The van der Waals surface area contributed by atoms with E-state index in [9.17, 15) is 9.59 Å². The first kappa shape index (κ1) is 27.1. The summed E-state index contributed by atoms with van der Waals surface area (Å²) in [6, 6.07) is 18.8. The second-order valence-corrected chi connectivity index (χ2v) is 9.53. The van der Waals surface area contributed by atoms with Gasteiger partial charge in [0, 0.05) is 6.92 Å². The van der Waals surface area contributed by atoms with Crippen molar-refractivity contribution >= 4 is 46.4 Å². The van der Waals surface area contributed by atoms with E-state index in [0.29, 0.717) is 45.1 Å². The van der Waals surface area contributed by atoms with Crippen LogP contribution >= 0.6 is 23.4 Å². The lowest BCUT2D eigenvalue weighted by atomic mass is 10.1. The topological polar surface area (TPSA) is 95.5 Å². The lowest BCUT2D eigenvalue weighted by Gasteiger charge is -2.15. The number of benzene rings is 3. The molecule has 0 spiro atoms. The molecule has 3 aromatic carbocycles. The number of hydrogen-bond donors (Lipinski definition) is 1. The van der Waals surface area contributed by atoms with Gasteiger partial charge in [-0.3, -0.25) is 9.59 Å². The number of thioether (sulfide) groups is 1. The minimum Gasteiger partial charge on any atom is -0.493 e. The number of nitrogens with one attached hydrogen (secondary N) is 1. The molecule has 0 saturated carbocycles. The van der Waals surface area contributed by atoms with Crippen molar-refractivity contribution in [3.63, 3.8) is 0 Å². The number of aliphatic imine (C=N–C) groups is 1. The summed E-state index contributed by atoms with van der Waals surface area (Å²) < 4.78 is 22.9. The molecule has 1 heterocycles. The Balaban J connectivity index is 1.45. The van der Waals surface area contributed by atoms with Crippen LogP contribution in [0, 0.1) is 0 Å². The van der Waals surface area contributed by atoms with E-state index < -0.39 is 5.91 Å². The predicted molar refractivity (Wildman–Crippen MR) is 148 cm³/mol. The van der Waals surface area contributed by atoms with Gasteiger partial charge in [-0.1, -0.05) is 48.0 Å². The average molecular weight is 553 g/mol. The third kappa shape index (κ3) is 6.87. The van der Waals surface area contributed by atoms with Gasteiger partial charge in [0.2, 0.25) is 5.91 Å². The van der Waals surface area contributed by atoms with Crippen LogP contribution in [0.1, 0.15) is 23.6 Å². The summed E-state index contributed by atoms with van der Waals surface area (Å²) in [6.07, 6.45) is 1.63. The number of methoxy groups -OCH3 is 2. The number of nitrogens with zero attached hydrogens (tertiary/aromatic N) is 1. The van der Waals surface area contributed by atoms with E-state index in [4.69, 9.17) is 30.5 Å². The van der Waals surface area contributed by atoms with Crippen molar-refractivity contribution in [2.24, 2.45) is 4.99 Å². The summed E-state index contributed by atoms with van der Waals surface area (Å²) in [7, 11) is 3.09. The number of amides is 2. The molecule has 8 nitrogen and oxygen atoms in total. The molecule has 0 atom stereocenters. The Hall–Kier alpha value is -3.95. The number of rotatable bonds is 9. The molecule has 0 unspecified atom stereocenters. The van der Waals surface area contributed by atoms with Gasteiger partial charge in [0.05, 0.1) is 24.1 Å². The molecule has 0 aliphatic carbocycles. The van der Waals surface area contributed by atoms with E-state index in [1.54, 1.807) is 25.3 Å². The molecule has 0 radical (unpaired) electrons. The van der Waals surface area contributed by atoms with Gasteiger partial charge in [0.1, 0.15) is 13.2 Å². The van der Waals surface area contributed by atoms with Gasteiger partial charge in [0.15, 0.2) is 28.2 Å². The van der Waals surface area contributed by atoms with Gasteiger partial charge in [-0.2, -0.15) is 4.99 Å². The summed E-state index contributed by atoms with van der Waals surface area (Å²) in [6.45, 7) is 1.98. The molecule has 0 aromatic heterocycles. The Kier molecular flexibility index (Phi) is 8.93. The maximum Gasteiger partial charge on any atom is 0.286 e. The molecule has 0 saturated heterocycles. The maximum atomic E-state index is 12.2. The Labute approximate surface area is 229 Å². The van der Waals surface area contributed by atoms with E-state index >= 15 is 0 Å². The number of carbonyl (C=O) groups excluding carboxylic acids is 2. The monoisotopic (exact) mass is 552 g/mol. The molecule has 0 fully saturated rings. The first-order valence-electron chi connectivity index (χ1n) is 11.5. The van der Waals surface area contributed by atoms with Crippen LogP contribution in [0.4, 0.5) is 0 Å². The molecule has 10 heteroatoms. The van der Waals surface area contributed by atoms with Crippen LogP contribution in [0.5, 0.6) is 23.0 Å². The van der Waals surface area contributed by atoms with Gasteiger partial charge in [-0.15, -0.1) is 0 Å². The molecule has 1 aliphatic rings. The van der Waals surface area contributed by atoms with E-state index in [1.807, 2.05) is 48.5 Å². The van der Waals surface area contributed by atoms with Crippen LogP contribution in [-0.2, 0) is 22.8 Å². The summed E-state index contributed by atoms with van der Waals surface area (Å²) in [5, 5.41) is 3.06. The quantitative estimate of drug-likeness (QED) is 0.344. The molecule has 1 aliphatic heterocycles. The van der Waals surface area contributed by atoms with Crippen molar-refractivity contribution in [2.75, 3.05) is 14.2 Å². The van der Waals surface area contributed by atoms with Gasteiger partial charge in [-0.05, 0) is 58.8 Å². The Bertz CT molecular complexity index is 1410. The number of carbonyl (C=O) groups is 2. The lowest BCUT2D eigenvalue weighted by molar-refractivity contribution is -0.117. The van der Waals surface area contributed by atoms with Gasteiger partial charge in [0.25, 0.3) is 5.91 Å². The molecule has 0 bridgehead atoms. The minimum absolute atomic E-state index is 0.202. The molecule has 4 rings (SSSR count). The zero-order valence-electron chi connectivity index (χ0n) is 20.9. The molecule has 2 amide bonds. The highest BCUT2D eigenvalue weighted by molar-refractivity contribution is 8.18. The fourth-order valence-electron chi connectivity index (χ4n) is 3.54. The SMILES string of the molecule is COc1cc(COc2c(Cl)cc(/C=C3/SC(NC(C)=O)=NC3=O)cc2OC)ccc1OCc1ccccc1. The van der Waals surface area contributed by atoms with Crippen molar-refractivity contribution in [1.29, 1.82) is 0 Å². The minimum atomic E-state index is -0.445. The maximum absolute atomic E-state index is 12.2. The number of halogens is 1. The summed E-state index contributed by atoms with van der Waals surface area (Å²) >= 11 is 7.60. The summed E-state index contributed by atoms with van der Waals surface area (Å²) in [4.78, 5) is 27.6. The largest absolute Gasteiger partial charge is 0.493 e. The molecule has 38 heavy (non-hydrogen) atoms. The predicted octanol–water partition coefficient (Wildman–Crippen LogP) is 5.62. The van der Waals surface area contributed by atoms with Crippen molar-refractivity contribution in [3.8, 4) is 23.0 Å². The fraction of sp³-hybridized carbons (Fsp3) is 0.179.